The zero-order valence-corrected chi connectivity index (χ0v) is 8.20. The number of halogens is 1. The molecule has 70 valence electrons. The monoisotopic (exact) mass is 204 g/mol. The summed E-state index contributed by atoms with van der Waals surface area (Å²) in [5.74, 6) is 0. The van der Waals surface area contributed by atoms with Crippen LogP contribution in [0.2, 0.25) is 0 Å². The van der Waals surface area contributed by atoms with E-state index >= 15 is 0 Å². The molecule has 1 aromatic rings. The van der Waals surface area contributed by atoms with E-state index in [0.717, 1.165) is 10.8 Å². The topological polar surface area (TPSA) is 20.2 Å². The molecule has 0 aliphatic heterocycles. The smallest absolute Gasteiger partial charge is 0.192 e. The zero-order valence-electron chi connectivity index (χ0n) is 7.44. The maximum atomic E-state index is 9.29. The Morgan fingerprint density at radius 2 is 1.71 bits per heavy atom. The molecule has 1 aliphatic rings. The maximum absolute atomic E-state index is 9.29. The van der Waals surface area contributed by atoms with Gasteiger partial charge in [0.2, 0.25) is 0 Å². The second-order valence-corrected chi connectivity index (χ2v) is 3.37. The summed E-state index contributed by atoms with van der Waals surface area (Å²) >= 11 is 5.60. The molecular weight excluding hydrogens is 196 g/mol. The molecule has 14 heavy (non-hydrogen) atoms. The highest BCUT2D eigenvalue weighted by Gasteiger charge is 1.97. The minimum Gasteiger partial charge on any atom is -0.498 e. The summed E-state index contributed by atoms with van der Waals surface area (Å²) in [7, 11) is 0. The molecule has 0 spiro atoms. The van der Waals surface area contributed by atoms with E-state index < -0.39 is 0 Å². The molecule has 0 saturated heterocycles. The molecule has 1 aromatic carbocycles. The molecular formula is C12H9ClO. The molecule has 2 heteroatoms. The molecule has 1 nitrogen and oxygen atoms in total. The van der Waals surface area contributed by atoms with E-state index in [1.54, 1.807) is 6.07 Å². The third-order valence-electron chi connectivity index (χ3n) is 2.12. The molecule has 0 unspecified atom stereocenters. The van der Waals surface area contributed by atoms with Crippen LogP contribution in [0.15, 0.2) is 48.6 Å². The van der Waals surface area contributed by atoms with Gasteiger partial charge >= 0.3 is 0 Å². The van der Waals surface area contributed by atoms with Crippen LogP contribution in [0.5, 0.6) is 0 Å². The second-order valence-electron chi connectivity index (χ2n) is 3.01. The number of allylic oxidation sites excluding steroid dienone is 4. The predicted octanol–water partition coefficient (Wildman–Crippen LogP) is 1.83. The highest BCUT2D eigenvalue weighted by Crippen LogP contribution is 2.05. The second kappa shape index (κ2) is 3.72. The van der Waals surface area contributed by atoms with Crippen molar-refractivity contribution < 1.29 is 5.11 Å². The number of rotatable bonds is 0. The van der Waals surface area contributed by atoms with Gasteiger partial charge in [0.05, 0.1) is 0 Å². The van der Waals surface area contributed by atoms with Crippen LogP contribution in [-0.4, -0.2) is 5.11 Å². The lowest BCUT2D eigenvalue weighted by molar-refractivity contribution is 0.525. The highest BCUT2D eigenvalue weighted by molar-refractivity contribution is 6.42. The molecule has 0 heterocycles. The summed E-state index contributed by atoms with van der Waals surface area (Å²) in [6, 6.07) is 7.50. The minimum absolute atomic E-state index is 0.165. The van der Waals surface area contributed by atoms with Gasteiger partial charge in [-0.3, -0.25) is 0 Å². The van der Waals surface area contributed by atoms with Crippen LogP contribution in [0.4, 0.5) is 0 Å². The van der Waals surface area contributed by atoms with E-state index in [9.17, 15) is 5.11 Å². The lowest BCUT2D eigenvalue weighted by Gasteiger charge is -1.94. The molecule has 0 bridgehead atoms. The average molecular weight is 205 g/mol. The number of hydrogen-bond acceptors (Lipinski definition) is 1. The first-order valence-electron chi connectivity index (χ1n) is 4.32. The SMILES string of the molecule is OC(Cl)=c1ccccc1=C1C=CC=C1. The van der Waals surface area contributed by atoms with Crippen LogP contribution < -0.4 is 10.4 Å². The molecule has 2 rings (SSSR count). The van der Waals surface area contributed by atoms with Crippen LogP contribution in [0, 0.1) is 0 Å². The molecule has 0 amide bonds. The van der Waals surface area contributed by atoms with Crippen molar-refractivity contribution in [2.45, 2.75) is 0 Å². The Morgan fingerprint density at radius 1 is 1.07 bits per heavy atom. The Balaban J connectivity index is 2.90. The van der Waals surface area contributed by atoms with Crippen molar-refractivity contribution in [1.29, 1.82) is 0 Å². The van der Waals surface area contributed by atoms with E-state index in [0.29, 0.717) is 5.22 Å². The lowest BCUT2D eigenvalue weighted by atomic mass is 10.1. The summed E-state index contributed by atoms with van der Waals surface area (Å²) in [5, 5.41) is 10.7. The van der Waals surface area contributed by atoms with E-state index in [1.807, 2.05) is 42.5 Å². The molecule has 0 atom stereocenters. The van der Waals surface area contributed by atoms with Crippen LogP contribution >= 0.6 is 11.6 Å². The van der Waals surface area contributed by atoms with Crippen LogP contribution in [0.25, 0.3) is 10.8 Å². The number of aliphatic hydroxyl groups is 1. The maximum Gasteiger partial charge on any atom is 0.192 e. The average Bonchev–Trinajstić information content (AvgIpc) is 2.70. The number of aliphatic hydroxyl groups excluding tert-OH is 1. The fraction of sp³-hybridized carbons (Fsp3) is 0. The summed E-state index contributed by atoms with van der Waals surface area (Å²) in [4.78, 5) is 0. The third kappa shape index (κ3) is 1.59. The molecule has 0 saturated carbocycles. The van der Waals surface area contributed by atoms with Gasteiger partial charge in [-0.15, -0.1) is 0 Å². The largest absolute Gasteiger partial charge is 0.498 e. The van der Waals surface area contributed by atoms with Gasteiger partial charge in [0.25, 0.3) is 0 Å². The Kier molecular flexibility index (Phi) is 2.42. The Bertz CT molecular complexity index is 505. The normalized spacial score (nSPS) is 16.2. The van der Waals surface area contributed by atoms with Gasteiger partial charge in [0, 0.05) is 5.22 Å². The lowest BCUT2D eigenvalue weighted by Crippen LogP contribution is -2.27. The highest BCUT2D eigenvalue weighted by atomic mass is 35.5. The Morgan fingerprint density at radius 3 is 2.36 bits per heavy atom. The van der Waals surface area contributed by atoms with Gasteiger partial charge in [-0.1, -0.05) is 42.5 Å². The van der Waals surface area contributed by atoms with E-state index in [-0.39, 0.29) is 5.22 Å². The van der Waals surface area contributed by atoms with Crippen molar-refractivity contribution in [2.75, 3.05) is 0 Å². The summed E-state index contributed by atoms with van der Waals surface area (Å²) in [5.41, 5.74) is 1.06. The first kappa shape index (κ1) is 9.10. The summed E-state index contributed by atoms with van der Waals surface area (Å²) in [6.07, 6.45) is 7.88. The molecule has 0 radical (unpaired) electrons. The van der Waals surface area contributed by atoms with Crippen molar-refractivity contribution in [3.8, 4) is 0 Å². The molecule has 1 aliphatic carbocycles. The van der Waals surface area contributed by atoms with Crippen molar-refractivity contribution in [1.82, 2.24) is 0 Å². The van der Waals surface area contributed by atoms with E-state index in [4.69, 9.17) is 11.6 Å². The van der Waals surface area contributed by atoms with Crippen molar-refractivity contribution >= 4 is 22.4 Å². The molecule has 1 N–H and O–H groups in total. The van der Waals surface area contributed by atoms with E-state index in [1.165, 1.54) is 0 Å². The molecule has 0 aromatic heterocycles. The Labute approximate surface area is 87.0 Å². The van der Waals surface area contributed by atoms with Gasteiger partial charge in [-0.25, -0.2) is 0 Å². The van der Waals surface area contributed by atoms with Gasteiger partial charge in [0.15, 0.2) is 5.22 Å². The van der Waals surface area contributed by atoms with Gasteiger partial charge in [-0.05, 0) is 28.5 Å². The van der Waals surface area contributed by atoms with Gasteiger partial charge in [0.1, 0.15) is 0 Å². The van der Waals surface area contributed by atoms with E-state index in [2.05, 4.69) is 0 Å². The van der Waals surface area contributed by atoms with Gasteiger partial charge < -0.3 is 5.11 Å². The first-order valence-corrected chi connectivity index (χ1v) is 4.70. The summed E-state index contributed by atoms with van der Waals surface area (Å²) in [6.45, 7) is 0. The first-order chi connectivity index (χ1) is 6.79. The van der Waals surface area contributed by atoms with Crippen molar-refractivity contribution in [3.63, 3.8) is 0 Å². The van der Waals surface area contributed by atoms with Crippen LogP contribution in [-0.2, 0) is 0 Å². The quantitative estimate of drug-likeness (QED) is 0.684. The fourth-order valence-corrected chi connectivity index (χ4v) is 1.63. The minimum atomic E-state index is -0.165. The van der Waals surface area contributed by atoms with Crippen LogP contribution in [0.3, 0.4) is 0 Å². The predicted molar refractivity (Wildman–Crippen MR) is 59.3 cm³/mol. The third-order valence-corrected chi connectivity index (χ3v) is 2.33. The van der Waals surface area contributed by atoms with Crippen molar-refractivity contribution in [2.24, 2.45) is 0 Å². The number of hydrogen-bond donors (Lipinski definition) is 1. The van der Waals surface area contributed by atoms with Crippen LogP contribution in [0.1, 0.15) is 0 Å². The summed E-state index contributed by atoms with van der Waals surface area (Å²) < 4.78 is 0. The Hall–Kier alpha value is -1.47. The zero-order chi connectivity index (χ0) is 9.97. The fourth-order valence-electron chi connectivity index (χ4n) is 1.47. The molecule has 0 fully saturated rings. The van der Waals surface area contributed by atoms with Crippen molar-refractivity contribution in [3.05, 3.63) is 59.0 Å². The van der Waals surface area contributed by atoms with Gasteiger partial charge in [-0.2, -0.15) is 0 Å². The number of benzene rings is 1. The standard InChI is InChI=1S/C12H9ClO/c13-12(14)11-8-4-3-7-10(11)9-5-1-2-6-9/h1-8,14H.